The average Bonchev–Trinajstić information content (AvgIpc) is 3.41. The van der Waals surface area contributed by atoms with Crippen molar-refractivity contribution in [3.63, 3.8) is 0 Å². The van der Waals surface area contributed by atoms with Gasteiger partial charge in [-0.15, -0.1) is 0 Å². The second kappa shape index (κ2) is 12.8. The molecule has 3 aromatic rings. The lowest BCUT2D eigenvalue weighted by Gasteiger charge is -2.42. The van der Waals surface area contributed by atoms with Gasteiger partial charge < -0.3 is 28.9 Å². The Hall–Kier alpha value is -3.92. The zero-order chi connectivity index (χ0) is 31.7. The molecule has 3 fully saturated rings. The first-order chi connectivity index (χ1) is 21.6. The number of amides is 1. The van der Waals surface area contributed by atoms with Crippen molar-refractivity contribution in [2.45, 2.75) is 51.6 Å². The van der Waals surface area contributed by atoms with Crippen LogP contribution in [-0.4, -0.2) is 109 Å². The summed E-state index contributed by atoms with van der Waals surface area (Å²) in [7, 11) is 0. The number of aromatic nitrogens is 2. The number of carbonyl (C=O) groups excluding carboxylic acids is 1. The maximum atomic E-state index is 14.7. The lowest BCUT2D eigenvalue weighted by molar-refractivity contribution is -0.0432. The predicted molar refractivity (Wildman–Crippen MR) is 168 cm³/mol. The van der Waals surface area contributed by atoms with Crippen LogP contribution >= 0.6 is 0 Å². The summed E-state index contributed by atoms with van der Waals surface area (Å²) in [6.45, 7) is 14.8. The van der Waals surface area contributed by atoms with Crippen LogP contribution in [-0.2, 0) is 14.2 Å². The van der Waals surface area contributed by atoms with Gasteiger partial charge in [-0.1, -0.05) is 12.1 Å². The van der Waals surface area contributed by atoms with Crippen LogP contribution in [0.2, 0.25) is 0 Å². The van der Waals surface area contributed by atoms with E-state index in [0.29, 0.717) is 44.0 Å². The zero-order valence-electron chi connectivity index (χ0n) is 26.5. The number of ether oxygens (including phenoxy) is 3. The number of benzene rings is 1. The maximum Gasteiger partial charge on any atom is 0.410 e. The van der Waals surface area contributed by atoms with E-state index in [1.54, 1.807) is 11.0 Å². The highest BCUT2D eigenvalue weighted by Gasteiger charge is 2.31. The van der Waals surface area contributed by atoms with Crippen LogP contribution in [0.4, 0.5) is 20.6 Å². The molecule has 0 bridgehead atoms. The van der Waals surface area contributed by atoms with Gasteiger partial charge in [0.25, 0.3) is 0 Å². The van der Waals surface area contributed by atoms with Crippen molar-refractivity contribution in [3.8, 4) is 6.07 Å². The summed E-state index contributed by atoms with van der Waals surface area (Å²) in [4.78, 5) is 21.3. The number of halogens is 1. The Labute approximate surface area is 263 Å². The molecule has 12 heteroatoms. The summed E-state index contributed by atoms with van der Waals surface area (Å²) >= 11 is 0. The fourth-order valence-corrected chi connectivity index (χ4v) is 6.45. The van der Waals surface area contributed by atoms with Crippen LogP contribution in [0.3, 0.4) is 0 Å². The minimum Gasteiger partial charge on any atom is -0.444 e. The smallest absolute Gasteiger partial charge is 0.410 e. The third-order valence-corrected chi connectivity index (χ3v) is 8.56. The highest BCUT2D eigenvalue weighted by Crippen LogP contribution is 2.30. The van der Waals surface area contributed by atoms with Gasteiger partial charge in [-0.25, -0.2) is 13.7 Å². The summed E-state index contributed by atoms with van der Waals surface area (Å²) < 4.78 is 34.0. The molecule has 0 radical (unpaired) electrons. The molecule has 6 rings (SSSR count). The number of piperazine rings is 1. The van der Waals surface area contributed by atoms with Crippen molar-refractivity contribution >= 4 is 23.0 Å². The van der Waals surface area contributed by atoms with E-state index in [9.17, 15) is 14.4 Å². The standard InChI is InChI=1S/C33H42FN7O4/c1-23-19-40(29-10-9-26(17-35)41-31(29)28(34)18-36-41)21-27(44-23)20-37-11-13-38(14-12-37)25-7-5-24(6-8-25)30-22-39(15-16-43-30)32(42)45-33(2,3)4/h5-10,18,23,27,30H,11-16,19-22H2,1-4H3/t23-,27+,30+/m1/s1. The first kappa shape index (κ1) is 31.1. The topological polar surface area (TPSA) is 98.8 Å². The molecule has 11 nitrogen and oxygen atoms in total. The van der Waals surface area contributed by atoms with Gasteiger partial charge in [-0.05, 0) is 57.5 Å². The number of nitriles is 1. The summed E-state index contributed by atoms with van der Waals surface area (Å²) in [5.74, 6) is -0.434. The van der Waals surface area contributed by atoms with Crippen molar-refractivity contribution in [2.75, 3.05) is 75.3 Å². The number of pyridine rings is 1. The summed E-state index contributed by atoms with van der Waals surface area (Å²) in [5.41, 5.74) is 3.05. The minimum atomic E-state index is -0.528. The van der Waals surface area contributed by atoms with Crippen molar-refractivity contribution in [1.82, 2.24) is 19.4 Å². The van der Waals surface area contributed by atoms with E-state index in [0.717, 1.165) is 50.2 Å². The van der Waals surface area contributed by atoms with Crippen LogP contribution in [0.25, 0.3) is 5.52 Å². The molecule has 240 valence electrons. The molecule has 0 aliphatic carbocycles. The van der Waals surface area contributed by atoms with Crippen LogP contribution in [0, 0.1) is 17.1 Å². The second-order valence-corrected chi connectivity index (χ2v) is 13.1. The number of hydrogen-bond acceptors (Lipinski definition) is 9. The van der Waals surface area contributed by atoms with Crippen molar-refractivity contribution < 1.29 is 23.4 Å². The number of rotatable bonds is 5. The van der Waals surface area contributed by atoms with Gasteiger partial charge in [0, 0.05) is 58.0 Å². The summed E-state index contributed by atoms with van der Waals surface area (Å²) in [6.07, 6.45) is 0.634. The molecule has 1 aromatic carbocycles. The van der Waals surface area contributed by atoms with Crippen LogP contribution < -0.4 is 9.80 Å². The van der Waals surface area contributed by atoms with Gasteiger partial charge >= 0.3 is 6.09 Å². The van der Waals surface area contributed by atoms with Crippen LogP contribution in [0.15, 0.2) is 42.6 Å². The molecule has 3 aliphatic heterocycles. The number of fused-ring (bicyclic) bond motifs is 1. The molecule has 45 heavy (non-hydrogen) atoms. The third-order valence-electron chi connectivity index (χ3n) is 8.56. The highest BCUT2D eigenvalue weighted by molar-refractivity contribution is 5.75. The Morgan fingerprint density at radius 3 is 2.51 bits per heavy atom. The Morgan fingerprint density at radius 2 is 1.80 bits per heavy atom. The molecular weight excluding hydrogens is 577 g/mol. The molecule has 0 N–H and O–H groups in total. The van der Waals surface area contributed by atoms with Gasteiger partial charge in [0.15, 0.2) is 5.82 Å². The fourth-order valence-electron chi connectivity index (χ4n) is 6.45. The van der Waals surface area contributed by atoms with Crippen LogP contribution in [0.5, 0.6) is 0 Å². The maximum absolute atomic E-state index is 14.7. The normalized spacial score (nSPS) is 23.3. The fraction of sp³-hybridized carbons (Fsp3) is 0.545. The largest absolute Gasteiger partial charge is 0.444 e. The number of morpholine rings is 2. The van der Waals surface area contributed by atoms with Crippen molar-refractivity contribution in [2.24, 2.45) is 0 Å². The summed E-state index contributed by atoms with van der Waals surface area (Å²) in [6, 6.07) is 14.1. The first-order valence-corrected chi connectivity index (χ1v) is 15.7. The third kappa shape index (κ3) is 7.01. The lowest BCUT2D eigenvalue weighted by atomic mass is 10.1. The molecule has 0 unspecified atom stereocenters. The highest BCUT2D eigenvalue weighted by atomic mass is 19.1. The van der Waals surface area contributed by atoms with Crippen molar-refractivity contribution in [1.29, 1.82) is 5.26 Å². The average molecular weight is 620 g/mol. The summed E-state index contributed by atoms with van der Waals surface area (Å²) in [5, 5.41) is 13.5. The molecular formula is C33H42FN7O4. The van der Waals surface area contributed by atoms with E-state index in [2.05, 4.69) is 50.1 Å². The number of anilines is 2. The lowest BCUT2D eigenvalue weighted by Crippen LogP contribution is -2.54. The van der Waals surface area contributed by atoms with Gasteiger partial charge in [0.05, 0.1) is 37.2 Å². The Balaban J connectivity index is 1.03. The van der Waals surface area contributed by atoms with Gasteiger partial charge in [0.2, 0.25) is 0 Å². The molecule has 2 aromatic heterocycles. The van der Waals surface area contributed by atoms with E-state index < -0.39 is 11.4 Å². The second-order valence-electron chi connectivity index (χ2n) is 13.1. The van der Waals surface area contributed by atoms with E-state index in [1.807, 2.05) is 33.8 Å². The minimum absolute atomic E-state index is 0.0189. The Morgan fingerprint density at radius 1 is 1.04 bits per heavy atom. The van der Waals surface area contributed by atoms with E-state index >= 15 is 0 Å². The molecule has 3 atom stereocenters. The number of nitrogens with zero attached hydrogens (tertiary/aromatic N) is 7. The van der Waals surface area contributed by atoms with E-state index in [1.165, 1.54) is 10.2 Å². The zero-order valence-corrected chi connectivity index (χ0v) is 26.5. The van der Waals surface area contributed by atoms with Crippen LogP contribution in [0.1, 0.15) is 45.1 Å². The number of carbonyl (C=O) groups is 1. The van der Waals surface area contributed by atoms with E-state index in [-0.39, 0.29) is 24.4 Å². The molecule has 3 saturated heterocycles. The molecule has 5 heterocycles. The molecule has 1 amide bonds. The SMILES string of the molecule is C[C@@H]1CN(c2ccc(C#N)n3ncc(F)c23)C[C@H](CN2CCN(c3ccc([C@@H]4CN(C(=O)OC(C)(C)C)CCO4)cc3)CC2)O1. The van der Waals surface area contributed by atoms with Crippen molar-refractivity contribution in [3.05, 3.63) is 59.7 Å². The monoisotopic (exact) mass is 619 g/mol. The molecule has 0 spiro atoms. The van der Waals surface area contributed by atoms with Gasteiger partial charge in [0.1, 0.15) is 29.0 Å². The Kier molecular flexibility index (Phi) is 8.86. The van der Waals surface area contributed by atoms with Gasteiger partial charge in [-0.2, -0.15) is 10.4 Å². The first-order valence-electron chi connectivity index (χ1n) is 15.7. The molecule has 0 saturated carbocycles. The van der Waals surface area contributed by atoms with E-state index in [4.69, 9.17) is 14.2 Å². The molecule has 3 aliphatic rings. The Bertz CT molecular complexity index is 1540. The number of hydrogen-bond donors (Lipinski definition) is 0. The van der Waals surface area contributed by atoms with Gasteiger partial charge in [-0.3, -0.25) is 4.90 Å². The quantitative estimate of drug-likeness (QED) is 0.419. The predicted octanol–water partition coefficient (Wildman–Crippen LogP) is 4.07.